The third kappa shape index (κ3) is 72.1. The number of rotatable bonds is 74. The SMILES string of the molecule is CCCCC/C=C\C/C=C\C/C=C\CCCCCCCCCCCCCCCCC(=O)OC(/C=C/CCCCCCCCCCC)C(COP(=O)(O)OCC[N+](C)(C)C)NC(=O)CCCCCCCCCCCCCCCCCCCCCCCCCCCCC. The third-order valence-electron chi connectivity index (χ3n) is 18.3. The lowest BCUT2D eigenvalue weighted by Crippen LogP contribution is -2.47. The normalized spacial score (nSPS) is 13.6. The summed E-state index contributed by atoms with van der Waals surface area (Å²) in [6.07, 6.45) is 91.6. The number of phosphoric ester groups is 1. The Kier molecular flexibility index (Phi) is 69.2. The molecule has 0 aliphatic carbocycles. The molecule has 0 heterocycles. The van der Waals surface area contributed by atoms with Gasteiger partial charge < -0.3 is 19.4 Å². The molecule has 0 rings (SSSR count). The second kappa shape index (κ2) is 70.8. The van der Waals surface area contributed by atoms with Gasteiger partial charge in [0.05, 0.1) is 33.8 Å². The van der Waals surface area contributed by atoms with Crippen LogP contribution in [0.5, 0.6) is 0 Å². The Bertz CT molecular complexity index is 1690. The van der Waals surface area contributed by atoms with Crippen LogP contribution in [0.2, 0.25) is 0 Å². The number of unbranched alkanes of at least 4 members (excludes halogenated alkanes) is 52. The van der Waals surface area contributed by atoms with Crippen molar-refractivity contribution in [3.63, 3.8) is 0 Å². The monoisotopic (exact) mass is 1300 g/mol. The van der Waals surface area contributed by atoms with Crippen LogP contribution < -0.4 is 5.32 Å². The van der Waals surface area contributed by atoms with E-state index in [1.54, 1.807) is 0 Å². The number of phosphoric acid groups is 1. The maximum atomic E-state index is 13.7. The fourth-order valence-electron chi connectivity index (χ4n) is 12.1. The van der Waals surface area contributed by atoms with Gasteiger partial charge in [0.1, 0.15) is 19.3 Å². The highest BCUT2D eigenvalue weighted by Gasteiger charge is 2.30. The summed E-state index contributed by atoms with van der Waals surface area (Å²) in [7, 11) is 1.52. The van der Waals surface area contributed by atoms with Crippen molar-refractivity contribution in [1.82, 2.24) is 5.32 Å². The van der Waals surface area contributed by atoms with E-state index >= 15 is 0 Å². The topological polar surface area (TPSA) is 111 Å². The fourth-order valence-corrected chi connectivity index (χ4v) is 12.9. The lowest BCUT2D eigenvalue weighted by molar-refractivity contribution is -0.870. The highest BCUT2D eigenvalue weighted by atomic mass is 31.2. The van der Waals surface area contributed by atoms with Crippen molar-refractivity contribution >= 4 is 19.7 Å². The number of nitrogens with one attached hydrogen (secondary N) is 1. The van der Waals surface area contributed by atoms with Crippen LogP contribution in [0.15, 0.2) is 48.6 Å². The second-order valence-corrected chi connectivity index (χ2v) is 30.1. The summed E-state index contributed by atoms with van der Waals surface area (Å²) in [5, 5.41) is 3.09. The first-order valence-corrected chi connectivity index (χ1v) is 41.5. The van der Waals surface area contributed by atoms with Crippen LogP contribution in [0.25, 0.3) is 0 Å². The first kappa shape index (κ1) is 89.0. The molecule has 0 radical (unpaired) electrons. The number of nitrogens with zero attached hydrogens (tertiary/aromatic N) is 1. The van der Waals surface area contributed by atoms with Gasteiger partial charge in [-0.3, -0.25) is 18.6 Å². The molecule has 0 spiro atoms. The predicted molar refractivity (Wildman–Crippen MR) is 397 cm³/mol. The number of likely N-dealkylation sites (N-methyl/N-ethyl adjacent to an activating group) is 1. The van der Waals surface area contributed by atoms with Crippen molar-refractivity contribution < 1.29 is 37.3 Å². The average molecular weight is 1300 g/mol. The van der Waals surface area contributed by atoms with Gasteiger partial charge in [-0.2, -0.15) is 0 Å². The molecule has 1 amide bonds. The van der Waals surface area contributed by atoms with Crippen LogP contribution in [0, 0.1) is 0 Å². The Morgan fingerprint density at radius 1 is 0.385 bits per heavy atom. The van der Waals surface area contributed by atoms with Gasteiger partial charge in [-0.15, -0.1) is 0 Å². The van der Waals surface area contributed by atoms with Crippen LogP contribution in [0.4, 0.5) is 0 Å². The highest BCUT2D eigenvalue weighted by Crippen LogP contribution is 2.43. The van der Waals surface area contributed by atoms with Crippen molar-refractivity contribution in [2.75, 3.05) is 40.9 Å². The lowest BCUT2D eigenvalue weighted by Gasteiger charge is -2.27. The Morgan fingerprint density at radius 3 is 1.02 bits per heavy atom. The van der Waals surface area contributed by atoms with Gasteiger partial charge >= 0.3 is 13.8 Å². The molecule has 2 N–H and O–H groups in total. The summed E-state index contributed by atoms with van der Waals surface area (Å²) in [6, 6.07) is -0.847. The number of quaternary nitrogens is 1. The van der Waals surface area contributed by atoms with Crippen LogP contribution in [-0.4, -0.2) is 74.3 Å². The number of hydrogen-bond acceptors (Lipinski definition) is 6. The van der Waals surface area contributed by atoms with Gasteiger partial charge in [0.2, 0.25) is 5.91 Å². The summed E-state index contributed by atoms with van der Waals surface area (Å²) < 4.78 is 30.9. The number of hydrogen-bond donors (Lipinski definition) is 2. The number of esters is 1. The summed E-state index contributed by atoms with van der Waals surface area (Å²) in [4.78, 5) is 38.0. The van der Waals surface area contributed by atoms with Crippen molar-refractivity contribution in [2.45, 2.75) is 418 Å². The van der Waals surface area contributed by atoms with E-state index in [-0.39, 0.29) is 25.1 Å². The number of carbonyl (C=O) groups excluding carboxylic acids is 2. The Balaban J connectivity index is 4.84. The first-order valence-electron chi connectivity index (χ1n) is 40.0. The lowest BCUT2D eigenvalue weighted by atomic mass is 10.0. The maximum Gasteiger partial charge on any atom is 0.472 e. The molecular weight excluding hydrogens is 1140 g/mol. The molecule has 0 saturated carbocycles. The van der Waals surface area contributed by atoms with E-state index in [0.717, 1.165) is 70.6 Å². The molecule has 0 aliphatic heterocycles. The second-order valence-electron chi connectivity index (χ2n) is 28.6. The van der Waals surface area contributed by atoms with Gasteiger partial charge in [-0.25, -0.2) is 4.57 Å². The zero-order valence-electron chi connectivity index (χ0n) is 61.6. The van der Waals surface area contributed by atoms with Crippen molar-refractivity contribution in [1.29, 1.82) is 0 Å². The summed E-state index contributed by atoms with van der Waals surface area (Å²) >= 11 is 0. The molecule has 0 fully saturated rings. The molecule has 536 valence electrons. The molecule has 0 aromatic heterocycles. The summed E-state index contributed by atoms with van der Waals surface area (Å²) in [5.74, 6) is -0.484. The quantitative estimate of drug-likeness (QED) is 0.0205. The van der Waals surface area contributed by atoms with Gasteiger partial charge in [-0.05, 0) is 70.3 Å². The van der Waals surface area contributed by atoms with E-state index in [0.29, 0.717) is 23.9 Å². The number of amides is 1. The number of allylic oxidation sites excluding steroid dienone is 7. The third-order valence-corrected chi connectivity index (χ3v) is 19.3. The molecular formula is C81H156N2O7P+. The van der Waals surface area contributed by atoms with E-state index in [1.807, 2.05) is 33.3 Å². The van der Waals surface area contributed by atoms with Crippen molar-refractivity contribution in [2.24, 2.45) is 0 Å². The fraction of sp³-hybridized carbons (Fsp3) is 0.877. The van der Waals surface area contributed by atoms with Gasteiger partial charge in [0.25, 0.3) is 0 Å². The Morgan fingerprint density at radius 2 is 0.670 bits per heavy atom. The molecule has 3 atom stereocenters. The van der Waals surface area contributed by atoms with Crippen molar-refractivity contribution in [3.05, 3.63) is 48.6 Å². The molecule has 0 bridgehead atoms. The minimum Gasteiger partial charge on any atom is -0.456 e. The van der Waals surface area contributed by atoms with Gasteiger partial charge in [0, 0.05) is 12.8 Å². The molecule has 3 unspecified atom stereocenters. The van der Waals surface area contributed by atoms with E-state index < -0.39 is 20.0 Å². The summed E-state index contributed by atoms with van der Waals surface area (Å²) in [5.41, 5.74) is 0. The Hall–Kier alpha value is -2.03. The van der Waals surface area contributed by atoms with E-state index in [4.69, 9.17) is 13.8 Å². The molecule has 9 nitrogen and oxygen atoms in total. The largest absolute Gasteiger partial charge is 0.472 e. The first-order chi connectivity index (χ1) is 44.4. The summed E-state index contributed by atoms with van der Waals surface area (Å²) in [6.45, 7) is 7.05. The minimum atomic E-state index is -4.45. The number of carbonyl (C=O) groups is 2. The average Bonchev–Trinajstić information content (AvgIpc) is 3.03. The van der Waals surface area contributed by atoms with Gasteiger partial charge in [-0.1, -0.05) is 372 Å². The standard InChI is InChI=1S/C81H155N2O7P/c1-7-10-13-16-19-22-25-27-29-31-33-35-37-39-41-43-45-47-49-51-53-55-58-61-64-67-70-73-80(84)82-78(77-89-91(86,87)88-76-75-83(4,5)6)79(72-69-66-63-60-57-24-21-18-15-12-9-3)90-81(85)74-71-68-65-62-59-56-54-52-50-48-46-44-42-40-38-36-34-32-30-28-26-23-20-17-14-11-8-2/h20,23,28,30,34,36,69,72,78-79H,7-19,21-22,24-27,29,31-33,35,37-68,70-71,73-77H2,1-6H3,(H-,82,84,86,87)/p+1/b23-20-,30-28-,36-34-,72-69+. The molecule has 91 heavy (non-hydrogen) atoms. The van der Waals surface area contributed by atoms with Crippen LogP contribution in [0.1, 0.15) is 406 Å². The zero-order valence-corrected chi connectivity index (χ0v) is 62.5. The van der Waals surface area contributed by atoms with E-state index in [2.05, 4.69) is 62.5 Å². The van der Waals surface area contributed by atoms with E-state index in [1.165, 1.54) is 302 Å². The van der Waals surface area contributed by atoms with Crippen LogP contribution in [-0.2, 0) is 27.9 Å². The molecule has 10 heteroatoms. The number of ether oxygens (including phenoxy) is 1. The molecule has 0 aromatic rings. The van der Waals surface area contributed by atoms with E-state index in [9.17, 15) is 19.0 Å². The minimum absolute atomic E-state index is 0.0428. The Labute approximate surface area is 567 Å². The highest BCUT2D eigenvalue weighted by molar-refractivity contribution is 7.47. The van der Waals surface area contributed by atoms with Crippen LogP contribution >= 0.6 is 7.82 Å². The van der Waals surface area contributed by atoms with Crippen molar-refractivity contribution in [3.8, 4) is 0 Å². The maximum absolute atomic E-state index is 13.7. The van der Waals surface area contributed by atoms with Crippen LogP contribution in [0.3, 0.4) is 0 Å². The van der Waals surface area contributed by atoms with Gasteiger partial charge in [0.15, 0.2) is 0 Å². The predicted octanol–water partition coefficient (Wildman–Crippen LogP) is 25.9. The molecule has 0 aromatic carbocycles. The smallest absolute Gasteiger partial charge is 0.456 e. The molecule has 0 saturated heterocycles. The zero-order chi connectivity index (χ0) is 66.3. The molecule has 0 aliphatic rings.